The van der Waals surface area contributed by atoms with Crippen molar-refractivity contribution < 1.29 is 14.3 Å². The summed E-state index contributed by atoms with van der Waals surface area (Å²) in [6, 6.07) is 12.9. The summed E-state index contributed by atoms with van der Waals surface area (Å²) < 4.78 is 6.75. The SMILES string of the molecule is CC[C@@H](C(=O)NC(C)C)N(Cc1ccccc1C)C(=O)COc1ccc(Br)c(C)c1. The van der Waals surface area contributed by atoms with Gasteiger partial charge in [0.25, 0.3) is 5.91 Å². The van der Waals surface area contributed by atoms with E-state index >= 15 is 0 Å². The third kappa shape index (κ3) is 6.59. The predicted octanol–water partition coefficient (Wildman–Crippen LogP) is 4.78. The van der Waals surface area contributed by atoms with Crippen LogP contribution in [-0.2, 0) is 16.1 Å². The number of amides is 2. The fraction of sp³-hybridized carbons (Fsp3) is 0.417. The Labute approximate surface area is 187 Å². The first-order valence-corrected chi connectivity index (χ1v) is 11.1. The van der Waals surface area contributed by atoms with Crippen molar-refractivity contribution in [1.29, 1.82) is 0 Å². The van der Waals surface area contributed by atoms with Crippen molar-refractivity contribution in [3.63, 3.8) is 0 Å². The standard InChI is InChI=1S/C24H31BrN2O3/c1-6-22(24(29)26-16(2)3)27(14-19-10-8-7-9-17(19)4)23(28)15-30-20-11-12-21(25)18(5)13-20/h7-13,16,22H,6,14-15H2,1-5H3,(H,26,29)/t22-/m0/s1. The fourth-order valence-electron chi connectivity index (χ4n) is 3.21. The van der Waals surface area contributed by atoms with Gasteiger partial charge in [0.15, 0.2) is 6.61 Å². The first-order chi connectivity index (χ1) is 14.2. The predicted molar refractivity (Wildman–Crippen MR) is 123 cm³/mol. The van der Waals surface area contributed by atoms with Crippen LogP contribution in [0, 0.1) is 13.8 Å². The summed E-state index contributed by atoms with van der Waals surface area (Å²) in [5.41, 5.74) is 3.12. The lowest BCUT2D eigenvalue weighted by Gasteiger charge is -2.31. The number of ether oxygens (including phenoxy) is 1. The molecule has 6 heteroatoms. The number of carbonyl (C=O) groups excluding carboxylic acids is 2. The molecular formula is C24H31BrN2O3. The Bertz CT molecular complexity index is 883. The van der Waals surface area contributed by atoms with Crippen molar-refractivity contribution in [3.05, 3.63) is 63.6 Å². The summed E-state index contributed by atoms with van der Waals surface area (Å²) in [5.74, 6) is 0.262. The summed E-state index contributed by atoms with van der Waals surface area (Å²) >= 11 is 3.47. The van der Waals surface area contributed by atoms with E-state index in [0.29, 0.717) is 18.7 Å². The Morgan fingerprint density at radius 3 is 2.40 bits per heavy atom. The summed E-state index contributed by atoms with van der Waals surface area (Å²) in [7, 11) is 0. The minimum atomic E-state index is -0.560. The molecule has 0 unspecified atom stereocenters. The Kier molecular flexibility index (Phi) is 8.90. The first-order valence-electron chi connectivity index (χ1n) is 10.3. The molecule has 2 amide bonds. The average Bonchev–Trinajstić information content (AvgIpc) is 2.69. The van der Waals surface area contributed by atoms with Gasteiger partial charge < -0.3 is 15.0 Å². The molecule has 0 spiro atoms. The maximum absolute atomic E-state index is 13.2. The van der Waals surface area contributed by atoms with Gasteiger partial charge in [-0.3, -0.25) is 9.59 Å². The lowest BCUT2D eigenvalue weighted by atomic mass is 10.1. The van der Waals surface area contributed by atoms with Crippen molar-refractivity contribution >= 4 is 27.7 Å². The molecule has 5 nitrogen and oxygen atoms in total. The van der Waals surface area contributed by atoms with Crippen LogP contribution >= 0.6 is 15.9 Å². The fourth-order valence-corrected chi connectivity index (χ4v) is 3.45. The zero-order chi connectivity index (χ0) is 22.3. The van der Waals surface area contributed by atoms with E-state index < -0.39 is 6.04 Å². The maximum atomic E-state index is 13.2. The van der Waals surface area contributed by atoms with Gasteiger partial charge in [-0.2, -0.15) is 0 Å². The summed E-state index contributed by atoms with van der Waals surface area (Å²) in [5, 5.41) is 2.94. The highest BCUT2D eigenvalue weighted by atomic mass is 79.9. The molecule has 0 saturated carbocycles. The minimum Gasteiger partial charge on any atom is -0.484 e. The van der Waals surface area contributed by atoms with Gasteiger partial charge in [-0.25, -0.2) is 0 Å². The van der Waals surface area contributed by atoms with Gasteiger partial charge in [0.2, 0.25) is 5.91 Å². The first kappa shape index (κ1) is 23.9. The van der Waals surface area contributed by atoms with E-state index in [0.717, 1.165) is 21.2 Å². The van der Waals surface area contributed by atoms with Gasteiger partial charge in [0.1, 0.15) is 11.8 Å². The van der Waals surface area contributed by atoms with Crippen molar-refractivity contribution in [2.45, 2.75) is 59.7 Å². The number of halogens is 1. The number of hydrogen-bond donors (Lipinski definition) is 1. The summed E-state index contributed by atoms with van der Waals surface area (Å²) in [6.07, 6.45) is 0.521. The maximum Gasteiger partial charge on any atom is 0.261 e. The molecule has 30 heavy (non-hydrogen) atoms. The molecule has 0 saturated heterocycles. The highest BCUT2D eigenvalue weighted by Gasteiger charge is 2.29. The van der Waals surface area contributed by atoms with Crippen LogP contribution in [0.5, 0.6) is 5.75 Å². The highest BCUT2D eigenvalue weighted by Crippen LogP contribution is 2.22. The molecule has 1 atom stereocenters. The van der Waals surface area contributed by atoms with Crippen LogP contribution in [0.15, 0.2) is 46.9 Å². The average molecular weight is 475 g/mol. The highest BCUT2D eigenvalue weighted by molar-refractivity contribution is 9.10. The van der Waals surface area contributed by atoms with Crippen LogP contribution in [0.2, 0.25) is 0 Å². The number of carbonyl (C=O) groups is 2. The molecule has 162 valence electrons. The van der Waals surface area contributed by atoms with Crippen LogP contribution in [0.25, 0.3) is 0 Å². The summed E-state index contributed by atoms with van der Waals surface area (Å²) in [6.45, 7) is 9.95. The van der Waals surface area contributed by atoms with Gasteiger partial charge >= 0.3 is 0 Å². The molecule has 2 aromatic rings. The van der Waals surface area contributed by atoms with Gasteiger partial charge in [0, 0.05) is 17.1 Å². The second-order valence-corrected chi connectivity index (χ2v) is 8.59. The Balaban J connectivity index is 2.23. The number of benzene rings is 2. The van der Waals surface area contributed by atoms with Crippen molar-refractivity contribution in [1.82, 2.24) is 10.2 Å². The lowest BCUT2D eigenvalue weighted by molar-refractivity contribution is -0.143. The topological polar surface area (TPSA) is 58.6 Å². The molecule has 0 aliphatic rings. The molecule has 0 bridgehead atoms. The van der Waals surface area contributed by atoms with E-state index in [1.54, 1.807) is 4.90 Å². The Morgan fingerprint density at radius 1 is 1.10 bits per heavy atom. The second-order valence-electron chi connectivity index (χ2n) is 7.74. The van der Waals surface area contributed by atoms with E-state index in [4.69, 9.17) is 4.74 Å². The van der Waals surface area contributed by atoms with E-state index in [2.05, 4.69) is 21.2 Å². The monoisotopic (exact) mass is 474 g/mol. The molecule has 0 fully saturated rings. The smallest absolute Gasteiger partial charge is 0.261 e. The quantitative estimate of drug-likeness (QED) is 0.568. The van der Waals surface area contributed by atoms with Crippen LogP contribution in [0.3, 0.4) is 0 Å². The van der Waals surface area contributed by atoms with Crippen molar-refractivity contribution in [3.8, 4) is 5.75 Å². The lowest BCUT2D eigenvalue weighted by Crippen LogP contribution is -2.51. The molecule has 0 heterocycles. The van der Waals surface area contributed by atoms with Gasteiger partial charge in [-0.05, 0) is 69.0 Å². The number of rotatable bonds is 9. The van der Waals surface area contributed by atoms with E-state index in [1.165, 1.54) is 0 Å². The molecule has 1 N–H and O–H groups in total. The van der Waals surface area contributed by atoms with Crippen LogP contribution in [0.1, 0.15) is 43.9 Å². The van der Waals surface area contributed by atoms with Crippen LogP contribution in [0.4, 0.5) is 0 Å². The van der Waals surface area contributed by atoms with Crippen molar-refractivity contribution in [2.24, 2.45) is 0 Å². The third-order valence-corrected chi connectivity index (χ3v) is 5.80. The number of nitrogens with zero attached hydrogens (tertiary/aromatic N) is 1. The molecule has 0 radical (unpaired) electrons. The molecule has 2 aromatic carbocycles. The second kappa shape index (κ2) is 11.2. The zero-order valence-corrected chi connectivity index (χ0v) is 20.0. The van der Waals surface area contributed by atoms with E-state index in [-0.39, 0.29) is 24.5 Å². The van der Waals surface area contributed by atoms with Gasteiger partial charge in [0.05, 0.1) is 0 Å². The normalized spacial score (nSPS) is 11.8. The van der Waals surface area contributed by atoms with Crippen LogP contribution in [-0.4, -0.2) is 35.4 Å². The summed E-state index contributed by atoms with van der Waals surface area (Å²) in [4.78, 5) is 27.6. The van der Waals surface area contributed by atoms with Crippen LogP contribution < -0.4 is 10.1 Å². The Hall–Kier alpha value is -2.34. The molecule has 0 aliphatic carbocycles. The van der Waals surface area contributed by atoms with E-state index in [1.807, 2.05) is 77.1 Å². The largest absolute Gasteiger partial charge is 0.484 e. The molecule has 2 rings (SSSR count). The number of aryl methyl sites for hydroxylation is 2. The Morgan fingerprint density at radius 2 is 1.80 bits per heavy atom. The van der Waals surface area contributed by atoms with E-state index in [9.17, 15) is 9.59 Å². The molecule has 0 aliphatic heterocycles. The molecular weight excluding hydrogens is 444 g/mol. The van der Waals surface area contributed by atoms with Gasteiger partial charge in [-0.15, -0.1) is 0 Å². The van der Waals surface area contributed by atoms with Gasteiger partial charge in [-0.1, -0.05) is 47.1 Å². The van der Waals surface area contributed by atoms with Crippen molar-refractivity contribution in [2.75, 3.05) is 6.61 Å². The number of nitrogens with one attached hydrogen (secondary N) is 1. The minimum absolute atomic E-state index is 0.00366. The number of hydrogen-bond acceptors (Lipinski definition) is 3. The zero-order valence-electron chi connectivity index (χ0n) is 18.4. The third-order valence-electron chi connectivity index (χ3n) is 4.91. The molecule has 0 aromatic heterocycles.